The highest BCUT2D eigenvalue weighted by Gasteiger charge is 2.43. The Kier molecular flexibility index (Phi) is 9.21. The van der Waals surface area contributed by atoms with Crippen LogP contribution >= 0.6 is 11.8 Å². The van der Waals surface area contributed by atoms with Crippen molar-refractivity contribution in [3.05, 3.63) is 79.4 Å². The summed E-state index contributed by atoms with van der Waals surface area (Å²) in [5, 5.41) is 11.3. The van der Waals surface area contributed by atoms with Gasteiger partial charge in [-0.2, -0.15) is 5.10 Å². The van der Waals surface area contributed by atoms with E-state index in [1.165, 1.54) is 0 Å². The molecule has 0 fully saturated rings. The molecular formula is C34H41N7O3SSi. The van der Waals surface area contributed by atoms with Crippen molar-refractivity contribution < 1.29 is 14.3 Å². The number of methoxy groups -OCH3 is 1. The molecule has 1 N–H and O–H groups in total. The van der Waals surface area contributed by atoms with Crippen LogP contribution in [0.5, 0.6) is 5.75 Å². The lowest BCUT2D eigenvalue weighted by Crippen LogP contribution is -2.57. The highest BCUT2D eigenvalue weighted by molar-refractivity contribution is 7.99. The van der Waals surface area contributed by atoms with Gasteiger partial charge in [-0.3, -0.25) is 14.7 Å². The minimum Gasteiger partial charge on any atom is -0.497 e. The summed E-state index contributed by atoms with van der Waals surface area (Å²) in [6.07, 6.45) is 7.58. The lowest BCUT2D eigenvalue weighted by Gasteiger charge is -2.38. The van der Waals surface area contributed by atoms with Crippen LogP contribution in [0.25, 0.3) is 11.0 Å². The molecule has 2 aromatic carbocycles. The maximum Gasteiger partial charge on any atom is 0.258 e. The lowest BCUT2D eigenvalue weighted by atomic mass is 10.0. The van der Waals surface area contributed by atoms with E-state index in [-0.39, 0.29) is 23.9 Å². The van der Waals surface area contributed by atoms with Crippen molar-refractivity contribution >= 4 is 54.1 Å². The van der Waals surface area contributed by atoms with Gasteiger partial charge in [0.05, 0.1) is 24.2 Å². The molecular weight excluding hydrogens is 615 g/mol. The number of hydrazone groups is 1. The van der Waals surface area contributed by atoms with Gasteiger partial charge >= 0.3 is 0 Å². The van der Waals surface area contributed by atoms with E-state index < -0.39 is 8.07 Å². The number of amides is 1. The number of nitrogens with one attached hydrogen (secondary N) is 1. The predicted octanol–water partition coefficient (Wildman–Crippen LogP) is 6.90. The second-order valence-corrected chi connectivity index (χ2v) is 19.6. The van der Waals surface area contributed by atoms with E-state index in [2.05, 4.69) is 31.2 Å². The molecule has 12 heteroatoms. The molecule has 4 heterocycles. The van der Waals surface area contributed by atoms with Gasteiger partial charge in [0.2, 0.25) is 0 Å². The van der Waals surface area contributed by atoms with Crippen LogP contribution in [0.3, 0.4) is 0 Å². The zero-order valence-electron chi connectivity index (χ0n) is 27.2. The van der Waals surface area contributed by atoms with Gasteiger partial charge in [0.1, 0.15) is 36.3 Å². The number of fused-ring (bicyclic) bond motifs is 2. The van der Waals surface area contributed by atoms with Crippen molar-refractivity contribution in [1.29, 1.82) is 0 Å². The number of carbonyl (C=O) groups excluding carboxylic acids is 1. The molecule has 0 radical (unpaired) electrons. The fourth-order valence-corrected chi connectivity index (χ4v) is 7.33. The fraction of sp³-hybridized carbons (Fsp3) is 0.353. The molecule has 2 unspecified atom stereocenters. The summed E-state index contributed by atoms with van der Waals surface area (Å²) in [6.45, 7) is 12.2. The second kappa shape index (κ2) is 13.3. The molecule has 2 aliphatic rings. The third-order valence-electron chi connectivity index (χ3n) is 8.13. The Morgan fingerprint density at radius 2 is 1.83 bits per heavy atom. The predicted molar refractivity (Wildman–Crippen MR) is 187 cm³/mol. The average Bonchev–Trinajstić information content (AvgIpc) is 3.60. The number of benzene rings is 2. The van der Waals surface area contributed by atoms with Crippen LogP contribution in [0.15, 0.2) is 94.3 Å². The van der Waals surface area contributed by atoms with E-state index in [1.807, 2.05) is 85.3 Å². The first-order chi connectivity index (χ1) is 22.1. The Morgan fingerprint density at radius 1 is 1.07 bits per heavy atom. The molecule has 2 aliphatic heterocycles. The highest BCUT2D eigenvalue weighted by Crippen LogP contribution is 2.39. The summed E-state index contributed by atoms with van der Waals surface area (Å²) >= 11 is 1.63. The molecule has 6 rings (SSSR count). The molecule has 10 nitrogen and oxygen atoms in total. The molecule has 46 heavy (non-hydrogen) atoms. The van der Waals surface area contributed by atoms with Gasteiger partial charge in [0.15, 0.2) is 5.84 Å². The fourth-order valence-electron chi connectivity index (χ4n) is 5.58. The van der Waals surface area contributed by atoms with Crippen LogP contribution in [-0.4, -0.2) is 65.2 Å². The van der Waals surface area contributed by atoms with Crippen molar-refractivity contribution in [3.8, 4) is 5.75 Å². The van der Waals surface area contributed by atoms with E-state index in [0.717, 1.165) is 38.3 Å². The SMILES string of the molecule is COc1ccc(Sc2cn(COCC[Si](C)(C)C)c3ncnc(NC(C)C4=NN5C=CC(C)[C@H]5C(=O)N4c4ccccc4)c23)cc1. The van der Waals surface area contributed by atoms with E-state index >= 15 is 0 Å². The lowest BCUT2D eigenvalue weighted by molar-refractivity contribution is -0.123. The van der Waals surface area contributed by atoms with Crippen LogP contribution in [-0.2, 0) is 16.3 Å². The number of para-hydroxylation sites is 1. The molecule has 3 atom stereocenters. The summed E-state index contributed by atoms with van der Waals surface area (Å²) in [5.74, 6) is 2.10. The van der Waals surface area contributed by atoms with Gasteiger partial charge in [0, 0.05) is 42.8 Å². The minimum atomic E-state index is -1.23. The largest absolute Gasteiger partial charge is 0.497 e. The van der Waals surface area contributed by atoms with Crippen molar-refractivity contribution in [2.75, 3.05) is 23.9 Å². The van der Waals surface area contributed by atoms with Crippen LogP contribution < -0.4 is 15.0 Å². The Morgan fingerprint density at radius 3 is 2.54 bits per heavy atom. The molecule has 1 amide bonds. The first-order valence-electron chi connectivity index (χ1n) is 15.6. The Balaban J connectivity index is 1.35. The van der Waals surface area contributed by atoms with Crippen LogP contribution in [0.4, 0.5) is 11.5 Å². The number of hydrogen-bond donors (Lipinski definition) is 1. The number of hydrogen-bond acceptors (Lipinski definition) is 9. The van der Waals surface area contributed by atoms with E-state index in [1.54, 1.807) is 35.1 Å². The summed E-state index contributed by atoms with van der Waals surface area (Å²) < 4.78 is 13.6. The Bertz CT molecular complexity index is 1750. The maximum absolute atomic E-state index is 14.0. The monoisotopic (exact) mass is 655 g/mol. The number of carbonyl (C=O) groups is 1. The first-order valence-corrected chi connectivity index (χ1v) is 20.1. The van der Waals surface area contributed by atoms with Gasteiger partial charge in [-0.25, -0.2) is 9.97 Å². The standard InChI is InChI=1S/C34H41N7O3SSi/c1-23-16-17-40-30(23)34(42)41(25-10-8-7-9-11-25)32(38-40)24(2)37-31-29-28(45-27-14-12-26(43-3)13-15-27)20-39(33(29)36-21-35-31)22-44-18-19-46(4,5)6/h7-17,20-21,23-24,30H,18-19,22H2,1-6H3,(H,35,36,37)/t23?,24?,30-/m0/s1. The van der Waals surface area contributed by atoms with Crippen molar-refractivity contribution in [1.82, 2.24) is 19.5 Å². The quantitative estimate of drug-likeness (QED) is 0.130. The summed E-state index contributed by atoms with van der Waals surface area (Å²) in [5.41, 5.74) is 1.55. The topological polar surface area (TPSA) is 97.1 Å². The van der Waals surface area contributed by atoms with E-state index in [4.69, 9.17) is 24.5 Å². The number of nitrogens with zero attached hydrogens (tertiary/aromatic N) is 6. The third kappa shape index (κ3) is 6.69. The van der Waals surface area contributed by atoms with Crippen molar-refractivity contribution in [2.45, 2.75) is 68.1 Å². The molecule has 0 bridgehead atoms. The Hall–Kier alpha value is -4.13. The molecule has 0 aliphatic carbocycles. The summed E-state index contributed by atoms with van der Waals surface area (Å²) in [4.78, 5) is 27.2. The second-order valence-electron chi connectivity index (χ2n) is 12.9. The van der Waals surface area contributed by atoms with E-state index in [9.17, 15) is 4.79 Å². The number of rotatable bonds is 12. The normalized spacial score (nSPS) is 18.6. The summed E-state index contributed by atoms with van der Waals surface area (Å²) in [7, 11) is 0.440. The van der Waals surface area contributed by atoms with Crippen LogP contribution in [0.2, 0.25) is 25.7 Å². The third-order valence-corrected chi connectivity index (χ3v) is 10.9. The molecule has 0 spiro atoms. The molecule has 240 valence electrons. The maximum atomic E-state index is 14.0. The zero-order chi connectivity index (χ0) is 32.4. The van der Waals surface area contributed by atoms with Gasteiger partial charge in [-0.1, -0.05) is 62.6 Å². The van der Waals surface area contributed by atoms with Crippen molar-refractivity contribution in [2.24, 2.45) is 11.0 Å². The molecule has 4 aromatic rings. The van der Waals surface area contributed by atoms with Crippen LogP contribution in [0, 0.1) is 5.92 Å². The Labute approximate surface area is 275 Å². The smallest absolute Gasteiger partial charge is 0.258 e. The van der Waals surface area contributed by atoms with Gasteiger partial charge in [-0.05, 0) is 49.4 Å². The first kappa shape index (κ1) is 31.8. The number of amidine groups is 1. The minimum absolute atomic E-state index is 0.00689. The number of anilines is 2. The molecule has 0 saturated carbocycles. The summed E-state index contributed by atoms with van der Waals surface area (Å²) in [6, 6.07) is 18.0. The highest BCUT2D eigenvalue weighted by atomic mass is 32.2. The van der Waals surface area contributed by atoms with Gasteiger partial charge in [0.25, 0.3) is 5.91 Å². The van der Waals surface area contributed by atoms with Gasteiger partial charge < -0.3 is 19.4 Å². The number of ether oxygens (including phenoxy) is 2. The number of aromatic nitrogens is 3. The average molecular weight is 656 g/mol. The van der Waals surface area contributed by atoms with E-state index in [0.29, 0.717) is 25.0 Å². The zero-order valence-corrected chi connectivity index (χ0v) is 29.0. The van der Waals surface area contributed by atoms with Crippen LogP contribution in [0.1, 0.15) is 13.8 Å². The van der Waals surface area contributed by atoms with Crippen molar-refractivity contribution in [3.63, 3.8) is 0 Å². The molecule has 2 aromatic heterocycles. The molecule has 0 saturated heterocycles. The van der Waals surface area contributed by atoms with Gasteiger partial charge in [-0.15, -0.1) is 0 Å².